The number of aryl methyl sites for hydroxylation is 1. The summed E-state index contributed by atoms with van der Waals surface area (Å²) in [7, 11) is 0. The third-order valence-corrected chi connectivity index (χ3v) is 5.38. The van der Waals surface area contributed by atoms with E-state index in [4.69, 9.17) is 9.73 Å². The van der Waals surface area contributed by atoms with Crippen molar-refractivity contribution in [1.29, 1.82) is 0 Å². The van der Waals surface area contributed by atoms with E-state index < -0.39 is 0 Å². The smallest absolute Gasteiger partial charge is 0.191 e. The van der Waals surface area contributed by atoms with E-state index in [2.05, 4.69) is 70.1 Å². The molecule has 0 bridgehead atoms. The van der Waals surface area contributed by atoms with Crippen LogP contribution in [0.25, 0.3) is 0 Å². The number of morpholine rings is 1. The van der Waals surface area contributed by atoms with E-state index in [1.807, 2.05) is 19.3 Å². The Morgan fingerprint density at radius 2 is 2.13 bits per heavy atom. The lowest BCUT2D eigenvalue weighted by molar-refractivity contribution is -0.0284. The molecular weight excluding hydrogens is 388 g/mol. The summed E-state index contributed by atoms with van der Waals surface area (Å²) in [5, 5.41) is 6.82. The summed E-state index contributed by atoms with van der Waals surface area (Å²) in [5.41, 5.74) is 2.46. The summed E-state index contributed by atoms with van der Waals surface area (Å²) in [5.74, 6) is 2.54. The average molecular weight is 427 g/mol. The van der Waals surface area contributed by atoms with E-state index in [1.54, 1.807) is 0 Å². The second kappa shape index (κ2) is 11.9. The summed E-state index contributed by atoms with van der Waals surface area (Å²) < 4.78 is 8.12. The molecule has 0 spiro atoms. The number of aromatic nitrogens is 2. The van der Waals surface area contributed by atoms with Crippen molar-refractivity contribution in [2.24, 2.45) is 10.9 Å². The molecule has 7 heteroatoms. The minimum Gasteiger partial charge on any atom is -0.374 e. The summed E-state index contributed by atoms with van der Waals surface area (Å²) in [4.78, 5) is 11.6. The summed E-state index contributed by atoms with van der Waals surface area (Å²) >= 11 is 0. The number of nitrogens with one attached hydrogen (secondary N) is 2. The van der Waals surface area contributed by atoms with E-state index in [9.17, 15) is 0 Å². The fourth-order valence-corrected chi connectivity index (χ4v) is 3.90. The first-order valence-electron chi connectivity index (χ1n) is 11.4. The highest BCUT2D eigenvalue weighted by molar-refractivity contribution is 5.79. The van der Waals surface area contributed by atoms with Crippen LogP contribution in [0.15, 0.2) is 41.7 Å². The van der Waals surface area contributed by atoms with Crippen LogP contribution in [0.2, 0.25) is 0 Å². The van der Waals surface area contributed by atoms with Gasteiger partial charge in [-0.05, 0) is 30.9 Å². The molecule has 0 saturated carbocycles. The van der Waals surface area contributed by atoms with Crippen molar-refractivity contribution in [3.8, 4) is 0 Å². The summed E-state index contributed by atoms with van der Waals surface area (Å²) in [6, 6.07) is 8.61. The number of benzene rings is 1. The SMILES string of the molecule is CCNC(=NCc1cccc(Cn2ccnc2C)c1)NCC1CN(CC(C)C)CCO1. The Balaban J connectivity index is 1.54. The molecule has 1 fully saturated rings. The zero-order valence-corrected chi connectivity index (χ0v) is 19.5. The third kappa shape index (κ3) is 7.67. The standard InChI is InChI=1S/C24H38N6O/c1-5-25-24(28-15-23-18-29(11-12-31-23)16-19(2)3)27-14-21-7-6-8-22(13-21)17-30-10-9-26-20(30)4/h6-10,13,19,23H,5,11-12,14-18H2,1-4H3,(H2,25,27,28). The van der Waals surface area contributed by atoms with Crippen LogP contribution in [0.5, 0.6) is 0 Å². The molecule has 1 aromatic heterocycles. The largest absolute Gasteiger partial charge is 0.374 e. The highest BCUT2D eigenvalue weighted by Crippen LogP contribution is 2.10. The van der Waals surface area contributed by atoms with Crippen molar-refractivity contribution in [2.75, 3.05) is 39.3 Å². The fraction of sp³-hybridized carbons (Fsp3) is 0.583. The number of ether oxygens (including phenoxy) is 1. The maximum absolute atomic E-state index is 5.96. The van der Waals surface area contributed by atoms with Crippen molar-refractivity contribution in [2.45, 2.75) is 46.9 Å². The number of hydrogen-bond acceptors (Lipinski definition) is 4. The zero-order chi connectivity index (χ0) is 22.1. The Labute approximate surface area is 186 Å². The molecule has 1 saturated heterocycles. The molecule has 1 aliphatic heterocycles. The minimum atomic E-state index is 0.193. The average Bonchev–Trinajstić information content (AvgIpc) is 3.14. The maximum Gasteiger partial charge on any atom is 0.191 e. The van der Waals surface area contributed by atoms with Crippen LogP contribution in [-0.2, 0) is 17.8 Å². The topological polar surface area (TPSA) is 66.7 Å². The first-order chi connectivity index (χ1) is 15.0. The molecule has 1 unspecified atom stereocenters. The van der Waals surface area contributed by atoms with Gasteiger partial charge in [0.15, 0.2) is 5.96 Å². The van der Waals surface area contributed by atoms with Gasteiger partial charge in [0.1, 0.15) is 5.82 Å². The second-order valence-corrected chi connectivity index (χ2v) is 8.64. The van der Waals surface area contributed by atoms with Gasteiger partial charge in [0.2, 0.25) is 0 Å². The molecule has 170 valence electrons. The van der Waals surface area contributed by atoms with Crippen molar-refractivity contribution in [3.63, 3.8) is 0 Å². The van der Waals surface area contributed by atoms with Gasteiger partial charge in [-0.15, -0.1) is 0 Å². The predicted octanol–water partition coefficient (Wildman–Crippen LogP) is 2.65. The van der Waals surface area contributed by atoms with E-state index in [0.717, 1.165) is 57.7 Å². The highest BCUT2D eigenvalue weighted by atomic mass is 16.5. The number of imidazole rings is 1. The van der Waals surface area contributed by atoms with Crippen molar-refractivity contribution >= 4 is 5.96 Å². The quantitative estimate of drug-likeness (QED) is 0.477. The van der Waals surface area contributed by atoms with Crippen LogP contribution in [-0.4, -0.2) is 65.8 Å². The number of aliphatic imine (C=N–C) groups is 1. The predicted molar refractivity (Wildman–Crippen MR) is 126 cm³/mol. The van der Waals surface area contributed by atoms with E-state index in [1.165, 1.54) is 11.1 Å². The Morgan fingerprint density at radius 1 is 1.29 bits per heavy atom. The summed E-state index contributed by atoms with van der Waals surface area (Å²) in [6.45, 7) is 15.6. The molecule has 3 rings (SSSR count). The molecule has 31 heavy (non-hydrogen) atoms. The van der Waals surface area contributed by atoms with Gasteiger partial charge in [-0.1, -0.05) is 38.1 Å². The number of guanidine groups is 1. The van der Waals surface area contributed by atoms with Crippen molar-refractivity contribution in [3.05, 3.63) is 53.6 Å². The molecule has 1 aliphatic rings. The first kappa shape index (κ1) is 23.3. The minimum absolute atomic E-state index is 0.193. The van der Waals surface area contributed by atoms with Crippen molar-refractivity contribution in [1.82, 2.24) is 25.1 Å². The van der Waals surface area contributed by atoms with Gasteiger partial charge in [-0.3, -0.25) is 4.90 Å². The van der Waals surface area contributed by atoms with Crippen LogP contribution in [0.4, 0.5) is 0 Å². The maximum atomic E-state index is 5.96. The van der Waals surface area contributed by atoms with Gasteiger partial charge >= 0.3 is 0 Å². The van der Waals surface area contributed by atoms with Crippen LogP contribution in [0, 0.1) is 12.8 Å². The van der Waals surface area contributed by atoms with Gasteiger partial charge in [0, 0.05) is 51.7 Å². The highest BCUT2D eigenvalue weighted by Gasteiger charge is 2.21. The Bertz CT molecular complexity index is 831. The zero-order valence-electron chi connectivity index (χ0n) is 19.5. The van der Waals surface area contributed by atoms with Crippen LogP contribution < -0.4 is 10.6 Å². The molecule has 2 heterocycles. The van der Waals surface area contributed by atoms with Gasteiger partial charge in [-0.25, -0.2) is 9.98 Å². The lowest BCUT2D eigenvalue weighted by atomic mass is 10.1. The second-order valence-electron chi connectivity index (χ2n) is 8.64. The third-order valence-electron chi connectivity index (χ3n) is 5.38. The number of hydrogen-bond donors (Lipinski definition) is 2. The molecule has 0 amide bonds. The Morgan fingerprint density at radius 3 is 2.87 bits per heavy atom. The first-order valence-corrected chi connectivity index (χ1v) is 11.4. The van der Waals surface area contributed by atoms with Crippen LogP contribution >= 0.6 is 0 Å². The molecule has 2 aromatic rings. The molecular formula is C24H38N6O. The molecule has 0 radical (unpaired) electrons. The van der Waals surface area contributed by atoms with Gasteiger partial charge in [0.05, 0.1) is 19.3 Å². The van der Waals surface area contributed by atoms with Gasteiger partial charge < -0.3 is 19.9 Å². The van der Waals surface area contributed by atoms with Crippen LogP contribution in [0.3, 0.4) is 0 Å². The molecule has 7 nitrogen and oxygen atoms in total. The van der Waals surface area contributed by atoms with E-state index in [0.29, 0.717) is 12.5 Å². The van der Waals surface area contributed by atoms with Gasteiger partial charge in [0.25, 0.3) is 0 Å². The summed E-state index contributed by atoms with van der Waals surface area (Å²) in [6.07, 6.45) is 4.05. The number of rotatable bonds is 9. The van der Waals surface area contributed by atoms with Crippen LogP contribution in [0.1, 0.15) is 37.7 Å². The molecule has 1 atom stereocenters. The Kier molecular flexibility index (Phi) is 8.91. The monoisotopic (exact) mass is 426 g/mol. The molecule has 2 N–H and O–H groups in total. The lowest BCUT2D eigenvalue weighted by Crippen LogP contribution is -2.50. The normalized spacial score (nSPS) is 17.8. The van der Waals surface area contributed by atoms with E-state index in [-0.39, 0.29) is 6.10 Å². The molecule has 0 aliphatic carbocycles. The number of nitrogens with zero attached hydrogens (tertiary/aromatic N) is 4. The van der Waals surface area contributed by atoms with E-state index >= 15 is 0 Å². The van der Waals surface area contributed by atoms with Crippen molar-refractivity contribution < 1.29 is 4.74 Å². The fourth-order valence-electron chi connectivity index (χ4n) is 3.90. The van der Waals surface area contributed by atoms with Gasteiger partial charge in [-0.2, -0.15) is 0 Å². The molecule has 1 aromatic carbocycles. The lowest BCUT2D eigenvalue weighted by Gasteiger charge is -2.34. The Hall–Kier alpha value is -2.38.